The fourth-order valence-corrected chi connectivity index (χ4v) is 4.45. The molecule has 0 aliphatic carbocycles. The maximum atomic E-state index is 12.7. The summed E-state index contributed by atoms with van der Waals surface area (Å²) in [5.74, 6) is -0.00289. The van der Waals surface area contributed by atoms with E-state index in [9.17, 15) is 18.3 Å². The molecule has 7 nitrogen and oxygen atoms in total. The Hall–Kier alpha value is -1.64. The number of aliphatic hydroxyl groups excluding tert-OH is 1. The zero-order chi connectivity index (χ0) is 18.2. The molecule has 0 spiro atoms. The molecule has 25 heavy (non-hydrogen) atoms. The number of β-amino-alcohol motifs (C(OH)–C–C–N with tert-alkyl or cyclic N) is 1. The zero-order valence-electron chi connectivity index (χ0n) is 14.5. The number of aryl methyl sites for hydroxylation is 1. The Balaban J connectivity index is 1.71. The number of likely N-dealkylation sites (tertiary alicyclic amines) is 1. The summed E-state index contributed by atoms with van der Waals surface area (Å²) in [7, 11) is -0.487. The summed E-state index contributed by atoms with van der Waals surface area (Å²) < 4.78 is 30.8. The van der Waals surface area contributed by atoms with Crippen LogP contribution >= 0.6 is 0 Å². The first kappa shape index (κ1) is 18.2. The van der Waals surface area contributed by atoms with Gasteiger partial charge in [0.1, 0.15) is 5.75 Å². The summed E-state index contributed by atoms with van der Waals surface area (Å²) in [6, 6.07) is 5.37. The van der Waals surface area contributed by atoms with E-state index in [1.807, 2.05) is 12.1 Å². The monoisotopic (exact) mass is 368 g/mol. The number of amides is 1. The van der Waals surface area contributed by atoms with Crippen molar-refractivity contribution in [3.63, 3.8) is 0 Å². The second-order valence-corrected chi connectivity index (χ2v) is 9.10. The number of hydrogen-bond donors (Lipinski definition) is 1. The summed E-state index contributed by atoms with van der Waals surface area (Å²) in [6.07, 6.45) is 0.972. The SMILES string of the molecule is CN(C)S(=O)(=O)C[C@@H]1CN(C(=O)c2ccc3c(c2)CCCO3)C[C@H]1O. The van der Waals surface area contributed by atoms with Gasteiger partial charge in [0, 0.05) is 38.7 Å². The number of nitrogens with zero attached hydrogens (tertiary/aromatic N) is 2. The van der Waals surface area contributed by atoms with Crippen LogP contribution in [0.1, 0.15) is 22.3 Å². The Morgan fingerprint density at radius 3 is 2.84 bits per heavy atom. The molecule has 1 aromatic carbocycles. The van der Waals surface area contributed by atoms with Crippen molar-refractivity contribution in [3.8, 4) is 5.75 Å². The Kier molecular flexibility index (Phi) is 5.04. The van der Waals surface area contributed by atoms with E-state index < -0.39 is 22.0 Å². The molecule has 1 amide bonds. The van der Waals surface area contributed by atoms with Gasteiger partial charge < -0.3 is 14.7 Å². The van der Waals surface area contributed by atoms with Crippen molar-refractivity contribution in [3.05, 3.63) is 29.3 Å². The highest BCUT2D eigenvalue weighted by Crippen LogP contribution is 2.27. The average Bonchev–Trinajstić information content (AvgIpc) is 2.93. The smallest absolute Gasteiger partial charge is 0.253 e. The third-order valence-corrected chi connectivity index (χ3v) is 6.79. The van der Waals surface area contributed by atoms with Gasteiger partial charge in [0.2, 0.25) is 10.0 Å². The van der Waals surface area contributed by atoms with Gasteiger partial charge >= 0.3 is 0 Å². The molecule has 0 saturated carbocycles. The third kappa shape index (κ3) is 3.80. The predicted molar refractivity (Wildman–Crippen MR) is 93.1 cm³/mol. The number of ether oxygens (including phenoxy) is 1. The molecule has 2 atom stereocenters. The molecular weight excluding hydrogens is 344 g/mol. The van der Waals surface area contributed by atoms with Crippen molar-refractivity contribution in [1.29, 1.82) is 0 Å². The summed E-state index contributed by atoms with van der Waals surface area (Å²) in [4.78, 5) is 14.3. The number of fused-ring (bicyclic) bond motifs is 1. The first-order chi connectivity index (χ1) is 11.8. The molecular formula is C17H24N2O5S. The lowest BCUT2D eigenvalue weighted by Gasteiger charge is -2.20. The third-order valence-electron chi connectivity index (χ3n) is 4.83. The maximum absolute atomic E-state index is 12.7. The lowest BCUT2D eigenvalue weighted by Crippen LogP contribution is -2.33. The van der Waals surface area contributed by atoms with Crippen LogP contribution in [0.4, 0.5) is 0 Å². The largest absolute Gasteiger partial charge is 0.493 e. The van der Waals surface area contributed by atoms with E-state index in [-0.39, 0.29) is 24.7 Å². The van der Waals surface area contributed by atoms with Crippen LogP contribution in [0.2, 0.25) is 0 Å². The number of aliphatic hydroxyl groups is 1. The van der Waals surface area contributed by atoms with Crippen molar-refractivity contribution in [2.45, 2.75) is 18.9 Å². The summed E-state index contributed by atoms with van der Waals surface area (Å²) in [5, 5.41) is 10.2. The van der Waals surface area contributed by atoms with Crippen LogP contribution in [0.25, 0.3) is 0 Å². The minimum atomic E-state index is -3.42. The molecule has 0 unspecified atom stereocenters. The number of rotatable bonds is 4. The fraction of sp³-hybridized carbons (Fsp3) is 0.588. The van der Waals surface area contributed by atoms with Crippen molar-refractivity contribution in [1.82, 2.24) is 9.21 Å². The number of hydrogen-bond acceptors (Lipinski definition) is 5. The molecule has 0 radical (unpaired) electrons. The molecule has 0 bridgehead atoms. The standard InChI is InChI=1S/C17H24N2O5S/c1-18(2)25(22,23)11-14-9-19(10-15(14)20)17(21)13-5-6-16-12(8-13)4-3-7-24-16/h5-6,8,14-15,20H,3-4,7,9-11H2,1-2H3/t14-,15+/m0/s1. The maximum Gasteiger partial charge on any atom is 0.253 e. The number of carbonyl (C=O) groups is 1. The lowest BCUT2D eigenvalue weighted by molar-refractivity contribution is 0.0764. The van der Waals surface area contributed by atoms with E-state index in [1.54, 1.807) is 6.07 Å². The van der Waals surface area contributed by atoms with E-state index in [1.165, 1.54) is 19.0 Å². The van der Waals surface area contributed by atoms with Gasteiger partial charge in [-0.2, -0.15) is 0 Å². The summed E-state index contributed by atoms with van der Waals surface area (Å²) >= 11 is 0. The molecule has 8 heteroatoms. The highest BCUT2D eigenvalue weighted by molar-refractivity contribution is 7.89. The minimum absolute atomic E-state index is 0.153. The molecule has 1 fully saturated rings. The van der Waals surface area contributed by atoms with Crippen molar-refractivity contribution in [2.75, 3.05) is 39.5 Å². The minimum Gasteiger partial charge on any atom is -0.493 e. The van der Waals surface area contributed by atoms with Gasteiger partial charge in [0.25, 0.3) is 5.91 Å². The highest BCUT2D eigenvalue weighted by atomic mass is 32.2. The molecule has 2 aliphatic rings. The number of sulfonamides is 1. The predicted octanol–water partition coefficient (Wildman–Crippen LogP) is 0.336. The Morgan fingerprint density at radius 1 is 1.36 bits per heavy atom. The van der Waals surface area contributed by atoms with Crippen molar-refractivity contribution < 1.29 is 23.1 Å². The molecule has 1 saturated heterocycles. The van der Waals surface area contributed by atoms with Crippen LogP contribution in [-0.2, 0) is 16.4 Å². The van der Waals surface area contributed by atoms with Gasteiger partial charge in [-0.15, -0.1) is 0 Å². The van der Waals surface area contributed by atoms with Crippen LogP contribution in [0.15, 0.2) is 18.2 Å². The molecule has 0 aromatic heterocycles. The summed E-state index contributed by atoms with van der Waals surface area (Å²) in [6.45, 7) is 1.08. The molecule has 1 N–H and O–H groups in total. The van der Waals surface area contributed by atoms with Gasteiger partial charge in [-0.05, 0) is 36.6 Å². The van der Waals surface area contributed by atoms with Gasteiger partial charge in [0.15, 0.2) is 0 Å². The quantitative estimate of drug-likeness (QED) is 0.828. The molecule has 2 aliphatic heterocycles. The molecule has 3 rings (SSSR count). The first-order valence-corrected chi connectivity index (χ1v) is 10.0. The Labute approximate surface area is 148 Å². The van der Waals surface area contributed by atoms with Crippen molar-refractivity contribution in [2.24, 2.45) is 5.92 Å². The fourth-order valence-electron chi connectivity index (χ4n) is 3.28. The van der Waals surface area contributed by atoms with Crippen LogP contribution in [0, 0.1) is 5.92 Å². The highest BCUT2D eigenvalue weighted by Gasteiger charge is 2.37. The normalized spacial score (nSPS) is 23.4. The molecule has 2 heterocycles. The van der Waals surface area contributed by atoms with Gasteiger partial charge in [-0.3, -0.25) is 4.79 Å². The number of benzene rings is 1. The van der Waals surface area contributed by atoms with Crippen LogP contribution in [0.3, 0.4) is 0 Å². The molecule has 138 valence electrons. The van der Waals surface area contributed by atoms with Gasteiger partial charge in [-0.1, -0.05) is 0 Å². The topological polar surface area (TPSA) is 87.2 Å². The van der Waals surface area contributed by atoms with Gasteiger partial charge in [0.05, 0.1) is 18.5 Å². The zero-order valence-corrected chi connectivity index (χ0v) is 15.3. The Morgan fingerprint density at radius 2 is 2.12 bits per heavy atom. The van der Waals surface area contributed by atoms with Crippen LogP contribution in [0.5, 0.6) is 5.75 Å². The first-order valence-electron chi connectivity index (χ1n) is 8.41. The Bertz CT molecular complexity index is 762. The lowest BCUT2D eigenvalue weighted by atomic mass is 10.0. The molecule has 1 aromatic rings. The van der Waals surface area contributed by atoms with Crippen molar-refractivity contribution >= 4 is 15.9 Å². The van der Waals surface area contributed by atoms with E-state index >= 15 is 0 Å². The second-order valence-electron chi connectivity index (χ2n) is 6.87. The second kappa shape index (κ2) is 6.93. The van der Waals surface area contributed by atoms with Gasteiger partial charge in [-0.25, -0.2) is 12.7 Å². The van der Waals surface area contributed by atoms with E-state index in [0.717, 1.165) is 28.5 Å². The van der Waals surface area contributed by atoms with E-state index in [2.05, 4.69) is 0 Å². The average molecular weight is 368 g/mol. The van der Waals surface area contributed by atoms with E-state index in [0.29, 0.717) is 12.2 Å². The van der Waals surface area contributed by atoms with E-state index in [4.69, 9.17) is 4.74 Å². The number of carbonyl (C=O) groups excluding carboxylic acids is 1. The summed E-state index contributed by atoms with van der Waals surface area (Å²) in [5.41, 5.74) is 1.57. The van der Waals surface area contributed by atoms with Crippen LogP contribution in [-0.4, -0.2) is 74.3 Å². The van der Waals surface area contributed by atoms with Crippen LogP contribution < -0.4 is 4.74 Å².